The van der Waals surface area contributed by atoms with Gasteiger partial charge in [-0.15, -0.1) is 0 Å². The summed E-state index contributed by atoms with van der Waals surface area (Å²) < 4.78 is 7.21. The van der Waals surface area contributed by atoms with Crippen LogP contribution < -0.4 is 0 Å². The van der Waals surface area contributed by atoms with E-state index in [2.05, 4.69) is 27.9 Å². The van der Waals surface area contributed by atoms with Crippen LogP contribution in [0.25, 0.3) is 0 Å². The summed E-state index contributed by atoms with van der Waals surface area (Å²) in [4.78, 5) is 2.28. The first-order valence-corrected chi connectivity index (χ1v) is 4.66. The standard InChI is InChI=1S/C9H13N3O/c1-11-2-7-3-12(8-5-13-6-8)10-9(7)4-11/h3,8H,2,4-6H2,1H3. The summed E-state index contributed by atoms with van der Waals surface area (Å²) >= 11 is 0. The Bertz CT molecular complexity index is 306. The molecule has 70 valence electrons. The average molecular weight is 179 g/mol. The van der Waals surface area contributed by atoms with Gasteiger partial charge >= 0.3 is 0 Å². The van der Waals surface area contributed by atoms with Gasteiger partial charge < -0.3 is 4.74 Å². The van der Waals surface area contributed by atoms with Crippen LogP contribution in [-0.2, 0) is 17.8 Å². The zero-order valence-electron chi connectivity index (χ0n) is 7.73. The number of ether oxygens (including phenoxy) is 1. The Kier molecular flexibility index (Phi) is 1.48. The summed E-state index contributed by atoms with van der Waals surface area (Å²) in [7, 11) is 2.12. The molecule has 0 radical (unpaired) electrons. The van der Waals surface area contributed by atoms with Crippen molar-refractivity contribution < 1.29 is 4.74 Å². The molecule has 3 heterocycles. The summed E-state index contributed by atoms with van der Waals surface area (Å²) in [6, 6.07) is 0.496. The van der Waals surface area contributed by atoms with Crippen molar-refractivity contribution in [3.63, 3.8) is 0 Å². The van der Waals surface area contributed by atoms with Crippen molar-refractivity contribution in [2.45, 2.75) is 19.1 Å². The van der Waals surface area contributed by atoms with Gasteiger partial charge in [-0.2, -0.15) is 5.10 Å². The number of fused-ring (bicyclic) bond motifs is 1. The number of aromatic nitrogens is 2. The Labute approximate surface area is 77.1 Å². The lowest BCUT2D eigenvalue weighted by atomic mass is 10.2. The summed E-state index contributed by atoms with van der Waals surface area (Å²) in [5, 5.41) is 4.56. The summed E-state index contributed by atoms with van der Waals surface area (Å²) in [6.45, 7) is 3.70. The van der Waals surface area contributed by atoms with E-state index >= 15 is 0 Å². The van der Waals surface area contributed by atoms with Crippen molar-refractivity contribution in [3.05, 3.63) is 17.5 Å². The highest BCUT2D eigenvalue weighted by molar-refractivity contribution is 5.21. The SMILES string of the molecule is CN1Cc2cn(C3COC3)nc2C1. The topological polar surface area (TPSA) is 30.3 Å². The molecule has 1 saturated heterocycles. The molecule has 0 unspecified atom stereocenters. The van der Waals surface area contributed by atoms with Crippen molar-refractivity contribution in [2.75, 3.05) is 20.3 Å². The van der Waals surface area contributed by atoms with Crippen LogP contribution in [0.5, 0.6) is 0 Å². The minimum absolute atomic E-state index is 0.496. The zero-order chi connectivity index (χ0) is 8.84. The molecule has 2 aliphatic rings. The van der Waals surface area contributed by atoms with Crippen LogP contribution in [0.1, 0.15) is 17.3 Å². The van der Waals surface area contributed by atoms with Crippen molar-refractivity contribution in [1.82, 2.24) is 14.7 Å². The molecule has 0 aromatic carbocycles. The monoisotopic (exact) mass is 179 g/mol. The molecular formula is C9H13N3O. The molecule has 0 bridgehead atoms. The summed E-state index contributed by atoms with van der Waals surface area (Å²) in [5.41, 5.74) is 2.63. The second kappa shape index (κ2) is 2.56. The molecule has 1 fully saturated rings. The maximum Gasteiger partial charge on any atom is 0.0985 e. The highest BCUT2D eigenvalue weighted by Crippen LogP contribution is 2.23. The highest BCUT2D eigenvalue weighted by Gasteiger charge is 2.25. The minimum Gasteiger partial charge on any atom is -0.377 e. The zero-order valence-corrected chi connectivity index (χ0v) is 7.73. The first-order chi connectivity index (χ1) is 6.33. The van der Waals surface area contributed by atoms with E-state index < -0.39 is 0 Å². The van der Waals surface area contributed by atoms with E-state index in [0.717, 1.165) is 26.3 Å². The van der Waals surface area contributed by atoms with E-state index in [1.54, 1.807) is 0 Å². The third kappa shape index (κ3) is 1.09. The minimum atomic E-state index is 0.496. The van der Waals surface area contributed by atoms with Crippen LogP contribution in [0.4, 0.5) is 0 Å². The molecule has 1 aromatic rings. The van der Waals surface area contributed by atoms with Gasteiger partial charge in [0.2, 0.25) is 0 Å². The molecular weight excluding hydrogens is 166 g/mol. The van der Waals surface area contributed by atoms with Gasteiger partial charge in [-0.25, -0.2) is 0 Å². The van der Waals surface area contributed by atoms with Crippen LogP contribution in [0, 0.1) is 0 Å². The molecule has 0 atom stereocenters. The largest absolute Gasteiger partial charge is 0.377 e. The highest BCUT2D eigenvalue weighted by atomic mass is 16.5. The lowest BCUT2D eigenvalue weighted by Gasteiger charge is -2.26. The Morgan fingerprint density at radius 1 is 1.46 bits per heavy atom. The Hall–Kier alpha value is -0.870. The third-order valence-electron chi connectivity index (χ3n) is 2.75. The number of hydrogen-bond donors (Lipinski definition) is 0. The second-order valence-electron chi connectivity index (χ2n) is 3.94. The molecule has 2 aliphatic heterocycles. The molecule has 0 N–H and O–H groups in total. The maximum absolute atomic E-state index is 5.14. The van der Waals surface area contributed by atoms with Gasteiger partial charge in [-0.1, -0.05) is 0 Å². The van der Waals surface area contributed by atoms with Crippen LogP contribution in [0.3, 0.4) is 0 Å². The third-order valence-corrected chi connectivity index (χ3v) is 2.75. The van der Waals surface area contributed by atoms with Crippen LogP contribution in [0.2, 0.25) is 0 Å². The van der Waals surface area contributed by atoms with E-state index in [1.807, 2.05) is 0 Å². The number of hydrogen-bond acceptors (Lipinski definition) is 3. The van der Waals surface area contributed by atoms with Gasteiger partial charge in [-0.3, -0.25) is 9.58 Å². The fourth-order valence-corrected chi connectivity index (χ4v) is 1.90. The second-order valence-corrected chi connectivity index (χ2v) is 3.94. The number of rotatable bonds is 1. The summed E-state index contributed by atoms with van der Waals surface area (Å²) in [5.74, 6) is 0. The van der Waals surface area contributed by atoms with E-state index in [1.165, 1.54) is 11.3 Å². The van der Waals surface area contributed by atoms with Crippen LogP contribution >= 0.6 is 0 Å². The molecule has 0 saturated carbocycles. The van der Waals surface area contributed by atoms with E-state index in [0.29, 0.717) is 6.04 Å². The lowest BCUT2D eigenvalue weighted by molar-refractivity contribution is -0.0289. The molecule has 4 heteroatoms. The van der Waals surface area contributed by atoms with Gasteiger partial charge in [0.1, 0.15) is 0 Å². The Morgan fingerprint density at radius 2 is 2.31 bits per heavy atom. The average Bonchev–Trinajstić information content (AvgIpc) is 2.39. The first-order valence-electron chi connectivity index (χ1n) is 4.66. The Morgan fingerprint density at radius 3 is 2.92 bits per heavy atom. The smallest absolute Gasteiger partial charge is 0.0985 e. The summed E-state index contributed by atoms with van der Waals surface area (Å²) in [6.07, 6.45) is 2.17. The fraction of sp³-hybridized carbons (Fsp3) is 0.667. The van der Waals surface area contributed by atoms with Gasteiger partial charge in [0, 0.05) is 24.8 Å². The van der Waals surface area contributed by atoms with E-state index in [4.69, 9.17) is 4.74 Å². The molecule has 4 nitrogen and oxygen atoms in total. The molecule has 13 heavy (non-hydrogen) atoms. The molecule has 0 amide bonds. The van der Waals surface area contributed by atoms with Gasteiger partial charge in [0.15, 0.2) is 0 Å². The lowest BCUT2D eigenvalue weighted by Crippen LogP contribution is -2.31. The first kappa shape index (κ1) is 7.53. The van der Waals surface area contributed by atoms with Gasteiger partial charge in [0.05, 0.1) is 24.9 Å². The van der Waals surface area contributed by atoms with Crippen LogP contribution in [-0.4, -0.2) is 34.9 Å². The van der Waals surface area contributed by atoms with Crippen molar-refractivity contribution in [1.29, 1.82) is 0 Å². The van der Waals surface area contributed by atoms with Crippen LogP contribution in [0.15, 0.2) is 6.20 Å². The number of nitrogens with zero attached hydrogens (tertiary/aromatic N) is 3. The molecule has 1 aromatic heterocycles. The normalized spacial score (nSPS) is 23.2. The van der Waals surface area contributed by atoms with Crippen molar-refractivity contribution >= 4 is 0 Å². The van der Waals surface area contributed by atoms with Crippen molar-refractivity contribution in [3.8, 4) is 0 Å². The van der Waals surface area contributed by atoms with E-state index in [-0.39, 0.29) is 0 Å². The predicted octanol–water partition coefficient (Wildman–Crippen LogP) is 0.400. The van der Waals surface area contributed by atoms with Crippen molar-refractivity contribution in [2.24, 2.45) is 0 Å². The molecule has 3 rings (SSSR count). The molecule has 0 aliphatic carbocycles. The quantitative estimate of drug-likeness (QED) is 0.625. The van der Waals surface area contributed by atoms with Gasteiger partial charge in [-0.05, 0) is 7.05 Å². The maximum atomic E-state index is 5.14. The predicted molar refractivity (Wildman–Crippen MR) is 47.3 cm³/mol. The Balaban J connectivity index is 1.87. The molecule has 0 spiro atoms. The van der Waals surface area contributed by atoms with E-state index in [9.17, 15) is 0 Å². The fourth-order valence-electron chi connectivity index (χ4n) is 1.90. The van der Waals surface area contributed by atoms with Gasteiger partial charge in [0.25, 0.3) is 0 Å².